The Kier molecular flexibility index (Phi) is 3.92. The first-order valence-electron chi connectivity index (χ1n) is 5.48. The monoisotopic (exact) mass is 305 g/mol. The third kappa shape index (κ3) is 2.67. The van der Waals surface area contributed by atoms with Gasteiger partial charge in [0.05, 0.1) is 11.8 Å². The number of aromatic nitrogens is 1. The zero-order valence-corrected chi connectivity index (χ0v) is 12.1. The molecular formula is C10H12ClN3O2S2. The van der Waals surface area contributed by atoms with Gasteiger partial charge in [-0.05, 0) is 19.8 Å². The number of hydrogen-bond donors (Lipinski definition) is 0. The summed E-state index contributed by atoms with van der Waals surface area (Å²) in [6.07, 6.45) is 1.91. The van der Waals surface area contributed by atoms with Gasteiger partial charge in [-0.1, -0.05) is 22.9 Å². The van der Waals surface area contributed by atoms with Crippen molar-refractivity contribution in [1.29, 1.82) is 5.26 Å². The third-order valence-corrected chi connectivity index (χ3v) is 6.47. The lowest BCUT2D eigenvalue weighted by atomic mass is 10.4. The molecule has 1 aromatic rings. The summed E-state index contributed by atoms with van der Waals surface area (Å²) in [5.74, 6) is 0. The zero-order chi connectivity index (χ0) is 13.3. The van der Waals surface area contributed by atoms with E-state index in [9.17, 15) is 8.42 Å². The predicted octanol–water partition coefficient (Wildman–Crippen LogP) is 2.17. The molecule has 1 saturated carbocycles. The number of aryl methyl sites for hydroxylation is 1. The van der Waals surface area contributed by atoms with Crippen LogP contribution in [0.1, 0.15) is 25.0 Å². The molecule has 8 heteroatoms. The molecule has 0 aliphatic heterocycles. The molecule has 0 atom stereocenters. The van der Waals surface area contributed by atoms with Gasteiger partial charge in [-0.3, -0.25) is 0 Å². The van der Waals surface area contributed by atoms with Gasteiger partial charge in [0.1, 0.15) is 0 Å². The van der Waals surface area contributed by atoms with Crippen LogP contribution in [0.5, 0.6) is 0 Å². The lowest BCUT2D eigenvalue weighted by Gasteiger charge is -2.19. The second kappa shape index (κ2) is 5.13. The Balaban J connectivity index is 2.33. The molecule has 0 unspecified atom stereocenters. The maximum absolute atomic E-state index is 12.5. The average molecular weight is 306 g/mol. The maximum Gasteiger partial charge on any atom is 0.254 e. The molecule has 0 saturated heterocycles. The number of hydrogen-bond acceptors (Lipinski definition) is 5. The lowest BCUT2D eigenvalue weighted by Crippen LogP contribution is -2.33. The zero-order valence-electron chi connectivity index (χ0n) is 9.76. The Hall–Kier alpha value is -0.680. The van der Waals surface area contributed by atoms with Crippen LogP contribution in [-0.4, -0.2) is 30.3 Å². The summed E-state index contributed by atoms with van der Waals surface area (Å²) in [4.78, 5) is 3.93. The normalized spacial score (nSPS) is 15.9. The smallest absolute Gasteiger partial charge is 0.229 e. The van der Waals surface area contributed by atoms with Gasteiger partial charge in [0.15, 0.2) is 8.68 Å². The van der Waals surface area contributed by atoms with E-state index in [4.69, 9.17) is 16.9 Å². The minimum absolute atomic E-state index is 0.0311. The van der Waals surface area contributed by atoms with Gasteiger partial charge in [-0.15, -0.1) is 0 Å². The van der Waals surface area contributed by atoms with Crippen molar-refractivity contribution in [3.05, 3.63) is 10.2 Å². The average Bonchev–Trinajstić information content (AvgIpc) is 3.04. The lowest BCUT2D eigenvalue weighted by molar-refractivity contribution is 0.412. The van der Waals surface area contributed by atoms with E-state index in [2.05, 4.69) is 4.98 Å². The van der Waals surface area contributed by atoms with Crippen molar-refractivity contribution in [3.8, 4) is 6.07 Å². The van der Waals surface area contributed by atoms with Crippen LogP contribution >= 0.6 is 22.9 Å². The maximum atomic E-state index is 12.5. The summed E-state index contributed by atoms with van der Waals surface area (Å²) in [6, 6.07) is 2.01. The number of sulfonamides is 1. The van der Waals surface area contributed by atoms with Gasteiger partial charge < -0.3 is 0 Å². The third-order valence-electron chi connectivity index (χ3n) is 2.67. The van der Waals surface area contributed by atoms with Crippen LogP contribution in [-0.2, 0) is 10.0 Å². The van der Waals surface area contributed by atoms with Gasteiger partial charge in [0.2, 0.25) is 0 Å². The highest BCUT2D eigenvalue weighted by molar-refractivity contribution is 7.91. The topological polar surface area (TPSA) is 74.1 Å². The van der Waals surface area contributed by atoms with Crippen molar-refractivity contribution in [2.75, 3.05) is 6.54 Å². The molecule has 1 aromatic heterocycles. The van der Waals surface area contributed by atoms with Crippen molar-refractivity contribution in [3.63, 3.8) is 0 Å². The Morgan fingerprint density at radius 1 is 1.61 bits per heavy atom. The van der Waals surface area contributed by atoms with Crippen molar-refractivity contribution in [1.82, 2.24) is 9.29 Å². The van der Waals surface area contributed by atoms with Crippen molar-refractivity contribution in [2.45, 2.75) is 36.4 Å². The number of nitrogens with zero attached hydrogens (tertiary/aromatic N) is 3. The van der Waals surface area contributed by atoms with Crippen molar-refractivity contribution >= 4 is 33.0 Å². The van der Waals surface area contributed by atoms with E-state index in [1.165, 1.54) is 4.31 Å². The van der Waals surface area contributed by atoms with Crippen LogP contribution in [0.3, 0.4) is 0 Å². The standard InChI is InChI=1S/C10H12ClN3O2S2/c1-7-9(17-10(11)13-7)18(15,16)14(6-2-5-12)8-3-4-8/h8H,2-4,6H2,1H3. The first-order chi connectivity index (χ1) is 8.46. The Labute approximate surface area is 115 Å². The summed E-state index contributed by atoms with van der Waals surface area (Å²) in [5.41, 5.74) is 0.424. The summed E-state index contributed by atoms with van der Waals surface area (Å²) in [5, 5.41) is 8.61. The van der Waals surface area contributed by atoms with Crippen LogP contribution in [0.2, 0.25) is 4.47 Å². The molecule has 1 aliphatic carbocycles. The fourth-order valence-electron chi connectivity index (χ4n) is 1.72. The molecule has 2 rings (SSSR count). The van der Waals surface area contributed by atoms with E-state index in [-0.39, 0.29) is 27.7 Å². The summed E-state index contributed by atoms with van der Waals surface area (Å²) >= 11 is 6.72. The SMILES string of the molecule is Cc1nc(Cl)sc1S(=O)(=O)N(CCC#N)C1CC1. The van der Waals surface area contributed by atoms with Gasteiger partial charge >= 0.3 is 0 Å². The number of nitriles is 1. The highest BCUT2D eigenvalue weighted by Gasteiger charge is 2.39. The van der Waals surface area contributed by atoms with E-state index in [1.54, 1.807) is 6.92 Å². The van der Waals surface area contributed by atoms with E-state index in [0.29, 0.717) is 5.69 Å². The minimum atomic E-state index is -3.57. The molecule has 0 N–H and O–H groups in total. The van der Waals surface area contributed by atoms with Crippen molar-refractivity contribution < 1.29 is 8.42 Å². The Bertz CT molecular complexity index is 587. The van der Waals surface area contributed by atoms with E-state index in [1.807, 2.05) is 6.07 Å². The van der Waals surface area contributed by atoms with Gasteiger partial charge in [0, 0.05) is 19.0 Å². The molecule has 0 bridgehead atoms. The largest absolute Gasteiger partial charge is 0.254 e. The predicted molar refractivity (Wildman–Crippen MR) is 69.0 cm³/mol. The first kappa shape index (κ1) is 13.7. The Morgan fingerprint density at radius 2 is 2.28 bits per heavy atom. The second-order valence-corrected chi connectivity index (χ2v) is 7.76. The van der Waals surface area contributed by atoms with Crippen LogP contribution in [0.15, 0.2) is 4.21 Å². The molecule has 0 radical (unpaired) electrons. The Morgan fingerprint density at radius 3 is 2.72 bits per heavy atom. The second-order valence-electron chi connectivity index (χ2n) is 4.09. The fraction of sp³-hybridized carbons (Fsp3) is 0.600. The number of thiazole rings is 1. The number of halogens is 1. The molecule has 18 heavy (non-hydrogen) atoms. The van der Waals surface area contributed by atoms with Crippen LogP contribution in [0, 0.1) is 18.3 Å². The van der Waals surface area contributed by atoms with E-state index in [0.717, 1.165) is 24.2 Å². The van der Waals surface area contributed by atoms with Gasteiger partial charge in [0.25, 0.3) is 10.0 Å². The minimum Gasteiger partial charge on any atom is -0.229 e. The van der Waals surface area contributed by atoms with Crippen LogP contribution in [0.25, 0.3) is 0 Å². The molecule has 0 spiro atoms. The summed E-state index contributed by atoms with van der Waals surface area (Å²) in [7, 11) is -3.57. The molecular weight excluding hydrogens is 294 g/mol. The highest BCUT2D eigenvalue weighted by atomic mass is 35.5. The number of rotatable bonds is 5. The molecule has 5 nitrogen and oxygen atoms in total. The molecule has 1 fully saturated rings. The molecule has 1 heterocycles. The van der Waals surface area contributed by atoms with E-state index >= 15 is 0 Å². The first-order valence-corrected chi connectivity index (χ1v) is 8.12. The summed E-state index contributed by atoms with van der Waals surface area (Å²) in [6.45, 7) is 1.86. The molecule has 0 amide bonds. The molecule has 98 valence electrons. The highest BCUT2D eigenvalue weighted by Crippen LogP contribution is 2.36. The van der Waals surface area contributed by atoms with Crippen LogP contribution < -0.4 is 0 Å². The van der Waals surface area contributed by atoms with Crippen molar-refractivity contribution in [2.24, 2.45) is 0 Å². The van der Waals surface area contributed by atoms with Gasteiger partial charge in [-0.25, -0.2) is 13.4 Å². The van der Waals surface area contributed by atoms with Gasteiger partial charge in [-0.2, -0.15) is 9.57 Å². The quantitative estimate of drug-likeness (QED) is 0.835. The molecule has 0 aromatic carbocycles. The summed E-state index contributed by atoms with van der Waals surface area (Å²) < 4.78 is 26.8. The molecule has 1 aliphatic rings. The van der Waals surface area contributed by atoms with Crippen LogP contribution in [0.4, 0.5) is 0 Å². The van der Waals surface area contributed by atoms with E-state index < -0.39 is 10.0 Å². The fourth-order valence-corrected chi connectivity index (χ4v) is 5.25.